The summed E-state index contributed by atoms with van der Waals surface area (Å²) in [6, 6.07) is 14.2. The lowest BCUT2D eigenvalue weighted by Crippen LogP contribution is -2.19. The molecule has 3 rings (SSSR count). The van der Waals surface area contributed by atoms with Crippen molar-refractivity contribution >= 4 is 23.5 Å². The van der Waals surface area contributed by atoms with E-state index >= 15 is 0 Å². The van der Waals surface area contributed by atoms with Crippen molar-refractivity contribution in [3.8, 4) is 0 Å². The average molecular weight is 339 g/mol. The highest BCUT2D eigenvalue weighted by atomic mass is 19.1. The molecule has 2 aromatic carbocycles. The molecule has 0 fully saturated rings. The summed E-state index contributed by atoms with van der Waals surface area (Å²) in [5.41, 5.74) is 0.824. The third kappa shape index (κ3) is 4.47. The van der Waals surface area contributed by atoms with Gasteiger partial charge >= 0.3 is 0 Å². The predicted octanol–water partition coefficient (Wildman–Crippen LogP) is 2.31. The topological polar surface area (TPSA) is 88.9 Å². The monoisotopic (exact) mass is 339 g/mol. The van der Waals surface area contributed by atoms with E-state index in [-0.39, 0.29) is 18.4 Å². The van der Waals surface area contributed by atoms with Crippen LogP contribution in [0.2, 0.25) is 0 Å². The van der Waals surface area contributed by atoms with Gasteiger partial charge in [-0.1, -0.05) is 24.3 Å². The Morgan fingerprint density at radius 2 is 1.84 bits per heavy atom. The van der Waals surface area contributed by atoms with Crippen LogP contribution in [-0.2, 0) is 11.3 Å². The number of carbonyl (C=O) groups excluding carboxylic acids is 2. The molecule has 0 unspecified atom stereocenters. The van der Waals surface area contributed by atoms with Gasteiger partial charge in [0.25, 0.3) is 5.91 Å². The van der Waals surface area contributed by atoms with Crippen LogP contribution in [0.15, 0.2) is 60.9 Å². The number of benzene rings is 2. The van der Waals surface area contributed by atoms with Crippen LogP contribution < -0.4 is 10.6 Å². The quantitative estimate of drug-likeness (QED) is 0.746. The van der Waals surface area contributed by atoms with Crippen LogP contribution in [0, 0.1) is 5.82 Å². The van der Waals surface area contributed by atoms with E-state index in [1.54, 1.807) is 36.4 Å². The van der Waals surface area contributed by atoms with Gasteiger partial charge in [-0.05, 0) is 30.3 Å². The lowest BCUT2D eigenvalue weighted by Gasteiger charge is -2.05. The van der Waals surface area contributed by atoms with E-state index in [2.05, 4.69) is 20.7 Å². The van der Waals surface area contributed by atoms with E-state index in [1.165, 1.54) is 29.2 Å². The molecule has 0 spiro atoms. The second-order valence-electron chi connectivity index (χ2n) is 5.14. The van der Waals surface area contributed by atoms with Crippen molar-refractivity contribution in [1.82, 2.24) is 14.8 Å². The molecule has 0 bridgehead atoms. The summed E-state index contributed by atoms with van der Waals surface area (Å²) in [5, 5.41) is 9.11. The molecule has 1 aromatic heterocycles. The minimum atomic E-state index is -0.440. The molecular weight excluding hydrogens is 325 g/mol. The van der Waals surface area contributed by atoms with Gasteiger partial charge in [0.05, 0.1) is 0 Å². The lowest BCUT2D eigenvalue weighted by atomic mass is 10.2. The summed E-state index contributed by atoms with van der Waals surface area (Å²) in [6.07, 6.45) is 1.33. The van der Waals surface area contributed by atoms with E-state index in [4.69, 9.17) is 0 Å². The van der Waals surface area contributed by atoms with E-state index in [9.17, 15) is 14.0 Å². The van der Waals surface area contributed by atoms with Crippen molar-refractivity contribution in [1.29, 1.82) is 0 Å². The third-order valence-electron chi connectivity index (χ3n) is 3.21. The maximum absolute atomic E-state index is 13.1. The SMILES string of the molecule is O=C(Cn1cnc(NC(=O)c2ccccc2)n1)Nc1cccc(F)c1. The Bertz CT molecular complexity index is 895. The molecule has 0 aliphatic heterocycles. The fraction of sp³-hybridized carbons (Fsp3) is 0.0588. The van der Waals surface area contributed by atoms with E-state index in [0.717, 1.165) is 0 Å². The van der Waals surface area contributed by atoms with Crippen LogP contribution in [0.1, 0.15) is 10.4 Å². The van der Waals surface area contributed by atoms with Crippen molar-refractivity contribution in [2.75, 3.05) is 10.6 Å². The van der Waals surface area contributed by atoms with Gasteiger partial charge < -0.3 is 5.32 Å². The number of nitrogens with zero attached hydrogens (tertiary/aromatic N) is 3. The van der Waals surface area contributed by atoms with Gasteiger partial charge in [-0.15, -0.1) is 5.10 Å². The largest absolute Gasteiger partial charge is 0.324 e. The zero-order valence-electron chi connectivity index (χ0n) is 13.0. The van der Waals surface area contributed by atoms with E-state index in [0.29, 0.717) is 11.3 Å². The molecule has 25 heavy (non-hydrogen) atoms. The molecule has 3 aromatic rings. The van der Waals surface area contributed by atoms with Crippen LogP contribution in [0.4, 0.5) is 16.0 Å². The number of anilines is 2. The first-order valence-corrected chi connectivity index (χ1v) is 7.41. The summed E-state index contributed by atoms with van der Waals surface area (Å²) in [5.74, 6) is -1.09. The zero-order chi connectivity index (χ0) is 17.6. The molecule has 0 radical (unpaired) electrons. The molecule has 8 heteroatoms. The molecular formula is C17H14FN5O2. The Labute approximate surface area is 142 Å². The summed E-state index contributed by atoms with van der Waals surface area (Å²) in [4.78, 5) is 27.9. The minimum Gasteiger partial charge on any atom is -0.324 e. The highest BCUT2D eigenvalue weighted by Crippen LogP contribution is 2.09. The van der Waals surface area contributed by atoms with Crippen molar-refractivity contribution in [3.63, 3.8) is 0 Å². The van der Waals surface area contributed by atoms with Crippen molar-refractivity contribution in [2.24, 2.45) is 0 Å². The summed E-state index contributed by atoms with van der Waals surface area (Å²) < 4.78 is 14.4. The molecule has 0 saturated carbocycles. The maximum atomic E-state index is 13.1. The fourth-order valence-electron chi connectivity index (χ4n) is 2.11. The molecule has 0 aliphatic rings. The standard InChI is InChI=1S/C17H14FN5O2/c18-13-7-4-8-14(9-13)20-15(24)10-23-11-19-17(22-23)21-16(25)12-5-2-1-3-6-12/h1-9,11H,10H2,(H,20,24)(H,21,22,25). The van der Waals surface area contributed by atoms with E-state index in [1.807, 2.05) is 0 Å². The second-order valence-corrected chi connectivity index (χ2v) is 5.14. The fourth-order valence-corrected chi connectivity index (χ4v) is 2.11. The number of carbonyl (C=O) groups is 2. The van der Waals surface area contributed by atoms with Crippen LogP contribution >= 0.6 is 0 Å². The summed E-state index contributed by atoms with van der Waals surface area (Å²) in [7, 11) is 0. The minimum absolute atomic E-state index is 0.0902. The molecule has 126 valence electrons. The van der Waals surface area contributed by atoms with Gasteiger partial charge in [0.15, 0.2) is 0 Å². The van der Waals surface area contributed by atoms with Gasteiger partial charge in [0.2, 0.25) is 11.9 Å². The number of halogens is 1. The van der Waals surface area contributed by atoms with Crippen LogP contribution in [-0.4, -0.2) is 26.6 Å². The molecule has 0 aliphatic carbocycles. The normalized spacial score (nSPS) is 10.3. The third-order valence-corrected chi connectivity index (χ3v) is 3.21. The van der Waals surface area contributed by atoms with Gasteiger partial charge in [-0.3, -0.25) is 14.9 Å². The predicted molar refractivity (Wildman–Crippen MR) is 89.4 cm³/mol. The molecule has 0 atom stereocenters. The summed E-state index contributed by atoms with van der Waals surface area (Å²) in [6.45, 7) is -0.120. The second kappa shape index (κ2) is 7.35. The van der Waals surface area contributed by atoms with Crippen LogP contribution in [0.5, 0.6) is 0 Å². The summed E-state index contributed by atoms with van der Waals surface area (Å²) >= 11 is 0. The zero-order valence-corrected chi connectivity index (χ0v) is 13.0. The Morgan fingerprint density at radius 1 is 1.04 bits per heavy atom. The number of hydrogen-bond donors (Lipinski definition) is 2. The van der Waals surface area contributed by atoms with Gasteiger partial charge in [0.1, 0.15) is 18.7 Å². The number of rotatable bonds is 5. The first-order chi connectivity index (χ1) is 12.1. The molecule has 1 heterocycles. The number of nitrogens with one attached hydrogen (secondary N) is 2. The van der Waals surface area contributed by atoms with Crippen molar-refractivity contribution in [2.45, 2.75) is 6.54 Å². The highest BCUT2D eigenvalue weighted by Gasteiger charge is 2.10. The molecule has 0 saturated heterocycles. The Morgan fingerprint density at radius 3 is 2.60 bits per heavy atom. The smallest absolute Gasteiger partial charge is 0.258 e. The molecule has 2 amide bonds. The van der Waals surface area contributed by atoms with Gasteiger partial charge in [-0.2, -0.15) is 0 Å². The van der Waals surface area contributed by atoms with Crippen molar-refractivity contribution < 1.29 is 14.0 Å². The van der Waals surface area contributed by atoms with Gasteiger partial charge in [0, 0.05) is 11.3 Å². The number of hydrogen-bond acceptors (Lipinski definition) is 4. The first-order valence-electron chi connectivity index (χ1n) is 7.41. The van der Waals surface area contributed by atoms with Crippen molar-refractivity contribution in [3.05, 3.63) is 72.3 Å². The van der Waals surface area contributed by atoms with E-state index < -0.39 is 11.7 Å². The molecule has 7 nitrogen and oxygen atoms in total. The molecule has 2 N–H and O–H groups in total. The highest BCUT2D eigenvalue weighted by molar-refractivity contribution is 6.03. The number of amides is 2. The number of aromatic nitrogens is 3. The first kappa shape index (κ1) is 16.3. The lowest BCUT2D eigenvalue weighted by molar-refractivity contribution is -0.116. The van der Waals surface area contributed by atoms with Crippen LogP contribution in [0.3, 0.4) is 0 Å². The average Bonchev–Trinajstić information content (AvgIpc) is 3.02. The van der Waals surface area contributed by atoms with Gasteiger partial charge in [-0.25, -0.2) is 14.1 Å². The maximum Gasteiger partial charge on any atom is 0.258 e. The Kier molecular flexibility index (Phi) is 4.79. The Hall–Kier alpha value is -3.55. The van der Waals surface area contributed by atoms with Crippen LogP contribution in [0.25, 0.3) is 0 Å². The Balaban J connectivity index is 1.58.